The second kappa shape index (κ2) is 9.62. The lowest BCUT2D eigenvalue weighted by Crippen LogP contribution is -2.54. The number of hydrogen-bond acceptors (Lipinski definition) is 5. The third-order valence-electron chi connectivity index (χ3n) is 6.23. The molecule has 4 rings (SSSR count). The first-order valence-corrected chi connectivity index (χ1v) is 11.1. The van der Waals surface area contributed by atoms with Crippen LogP contribution in [0.5, 0.6) is 0 Å². The molecule has 2 aliphatic rings. The molecule has 2 aromatic carbocycles. The van der Waals surface area contributed by atoms with Gasteiger partial charge in [0.2, 0.25) is 5.91 Å². The highest BCUT2D eigenvalue weighted by molar-refractivity contribution is 5.87. The van der Waals surface area contributed by atoms with Crippen LogP contribution in [0.15, 0.2) is 48.5 Å². The minimum absolute atomic E-state index is 0.0820. The van der Waals surface area contributed by atoms with Gasteiger partial charge in [-0.3, -0.25) is 4.79 Å². The standard InChI is InChI=1S/C25H28N2O6/c1-14(2)21(23(28)26-20-11-12-32-22(20)24(29)30)27-25(31)33-13-19-17-9-5-3-7-15(17)16-8-4-6-10-18(16)19/h3-10,14,19-22H,11-13H2,1-2H3,(H,26,28)(H,27,31)(H,29,30)/t20-,21?,22+/m0/s1. The number of amides is 2. The van der Waals surface area contributed by atoms with E-state index in [0.717, 1.165) is 22.3 Å². The molecule has 2 aromatic rings. The largest absolute Gasteiger partial charge is 0.479 e. The van der Waals surface area contributed by atoms with Gasteiger partial charge in [0.1, 0.15) is 12.6 Å². The fourth-order valence-corrected chi connectivity index (χ4v) is 4.56. The number of alkyl carbamates (subject to hydrolysis) is 1. The molecule has 0 bridgehead atoms. The zero-order chi connectivity index (χ0) is 23.5. The summed E-state index contributed by atoms with van der Waals surface area (Å²) in [6, 6.07) is 14.6. The monoisotopic (exact) mass is 452 g/mol. The SMILES string of the molecule is CC(C)C(NC(=O)OCC1c2ccccc2-c2ccccc21)C(=O)N[C@H]1CCO[C@H]1C(=O)O. The van der Waals surface area contributed by atoms with Crippen LogP contribution >= 0.6 is 0 Å². The molecule has 3 N–H and O–H groups in total. The molecule has 8 heteroatoms. The number of hydrogen-bond donors (Lipinski definition) is 3. The minimum atomic E-state index is -1.12. The molecule has 0 spiro atoms. The van der Waals surface area contributed by atoms with E-state index in [9.17, 15) is 19.5 Å². The first-order chi connectivity index (χ1) is 15.9. The first-order valence-electron chi connectivity index (χ1n) is 11.1. The zero-order valence-corrected chi connectivity index (χ0v) is 18.6. The van der Waals surface area contributed by atoms with Gasteiger partial charge in [-0.15, -0.1) is 0 Å². The maximum absolute atomic E-state index is 12.8. The molecule has 2 amide bonds. The summed E-state index contributed by atoms with van der Waals surface area (Å²) in [5.74, 6) is -1.89. The Hall–Kier alpha value is -3.39. The topological polar surface area (TPSA) is 114 Å². The molecule has 0 saturated carbocycles. The molecule has 1 unspecified atom stereocenters. The van der Waals surface area contributed by atoms with Crippen molar-refractivity contribution < 1.29 is 29.0 Å². The molecule has 33 heavy (non-hydrogen) atoms. The summed E-state index contributed by atoms with van der Waals surface area (Å²) in [5.41, 5.74) is 4.47. The minimum Gasteiger partial charge on any atom is -0.479 e. The van der Waals surface area contributed by atoms with Gasteiger partial charge in [-0.05, 0) is 34.6 Å². The average molecular weight is 453 g/mol. The highest BCUT2D eigenvalue weighted by atomic mass is 16.5. The number of rotatable bonds is 7. The van der Waals surface area contributed by atoms with E-state index in [-0.39, 0.29) is 25.0 Å². The number of carboxylic acid groups (broad SMARTS) is 1. The van der Waals surface area contributed by atoms with Crippen molar-refractivity contribution in [2.45, 2.75) is 44.4 Å². The number of carbonyl (C=O) groups excluding carboxylic acids is 2. The van der Waals surface area contributed by atoms with Crippen molar-refractivity contribution in [2.75, 3.05) is 13.2 Å². The lowest BCUT2D eigenvalue weighted by atomic mass is 9.98. The molecule has 0 radical (unpaired) electrons. The maximum Gasteiger partial charge on any atom is 0.407 e. The van der Waals surface area contributed by atoms with Crippen LogP contribution in [0.2, 0.25) is 0 Å². The Kier molecular flexibility index (Phi) is 6.65. The van der Waals surface area contributed by atoms with E-state index < -0.39 is 36.2 Å². The summed E-state index contributed by atoms with van der Waals surface area (Å²) in [5, 5.41) is 14.6. The van der Waals surface area contributed by atoms with Crippen molar-refractivity contribution in [2.24, 2.45) is 5.92 Å². The molecule has 1 saturated heterocycles. The van der Waals surface area contributed by atoms with Gasteiger partial charge in [0.05, 0.1) is 6.04 Å². The van der Waals surface area contributed by atoms with Crippen LogP contribution in [0.3, 0.4) is 0 Å². The third-order valence-corrected chi connectivity index (χ3v) is 6.23. The van der Waals surface area contributed by atoms with E-state index >= 15 is 0 Å². The van der Waals surface area contributed by atoms with E-state index in [1.807, 2.05) is 36.4 Å². The number of carbonyl (C=O) groups is 3. The quantitative estimate of drug-likeness (QED) is 0.595. The molecule has 1 aliphatic heterocycles. The number of ether oxygens (including phenoxy) is 2. The summed E-state index contributed by atoms with van der Waals surface area (Å²) < 4.78 is 10.7. The van der Waals surface area contributed by atoms with Crippen LogP contribution in [-0.2, 0) is 19.1 Å². The van der Waals surface area contributed by atoms with Crippen LogP contribution in [0, 0.1) is 5.92 Å². The van der Waals surface area contributed by atoms with Crippen LogP contribution in [-0.4, -0.2) is 54.5 Å². The molecule has 8 nitrogen and oxygen atoms in total. The molecular weight excluding hydrogens is 424 g/mol. The predicted molar refractivity (Wildman–Crippen MR) is 121 cm³/mol. The Labute approximate surface area is 192 Å². The van der Waals surface area contributed by atoms with Gasteiger partial charge >= 0.3 is 12.1 Å². The number of carboxylic acids is 1. The van der Waals surface area contributed by atoms with Crippen LogP contribution in [0.25, 0.3) is 11.1 Å². The summed E-state index contributed by atoms with van der Waals surface area (Å²) in [6.45, 7) is 4.00. The van der Waals surface area contributed by atoms with Crippen molar-refractivity contribution in [1.29, 1.82) is 0 Å². The van der Waals surface area contributed by atoms with Gasteiger partial charge in [0.25, 0.3) is 0 Å². The van der Waals surface area contributed by atoms with Crippen molar-refractivity contribution in [3.63, 3.8) is 0 Å². The van der Waals surface area contributed by atoms with E-state index in [2.05, 4.69) is 22.8 Å². The van der Waals surface area contributed by atoms with E-state index in [0.29, 0.717) is 6.42 Å². The van der Waals surface area contributed by atoms with E-state index in [4.69, 9.17) is 9.47 Å². The van der Waals surface area contributed by atoms with Gasteiger partial charge in [-0.25, -0.2) is 9.59 Å². The predicted octanol–water partition coefficient (Wildman–Crippen LogP) is 2.91. The Balaban J connectivity index is 1.39. The normalized spacial score (nSPS) is 20.1. The lowest BCUT2D eigenvalue weighted by molar-refractivity contribution is -0.148. The second-order valence-corrected chi connectivity index (χ2v) is 8.72. The molecule has 0 aromatic heterocycles. The highest BCUT2D eigenvalue weighted by Gasteiger charge is 2.37. The van der Waals surface area contributed by atoms with Crippen molar-refractivity contribution in [3.8, 4) is 11.1 Å². The molecular formula is C25H28N2O6. The second-order valence-electron chi connectivity index (χ2n) is 8.72. The van der Waals surface area contributed by atoms with Crippen LogP contribution in [0.4, 0.5) is 4.79 Å². The van der Waals surface area contributed by atoms with Crippen LogP contribution < -0.4 is 10.6 Å². The molecule has 1 fully saturated rings. The Bertz CT molecular complexity index is 1010. The Morgan fingerprint density at radius 1 is 1.06 bits per heavy atom. The fraction of sp³-hybridized carbons (Fsp3) is 0.400. The summed E-state index contributed by atoms with van der Waals surface area (Å²) >= 11 is 0. The molecule has 174 valence electrons. The van der Waals surface area contributed by atoms with Gasteiger partial charge in [-0.1, -0.05) is 62.4 Å². The smallest absolute Gasteiger partial charge is 0.407 e. The molecule has 1 aliphatic carbocycles. The Morgan fingerprint density at radius 2 is 1.67 bits per heavy atom. The van der Waals surface area contributed by atoms with E-state index in [1.165, 1.54) is 0 Å². The van der Waals surface area contributed by atoms with Crippen molar-refractivity contribution in [3.05, 3.63) is 59.7 Å². The third kappa shape index (κ3) is 4.71. The van der Waals surface area contributed by atoms with Gasteiger partial charge in [0.15, 0.2) is 6.10 Å². The van der Waals surface area contributed by atoms with Gasteiger partial charge < -0.3 is 25.2 Å². The van der Waals surface area contributed by atoms with Crippen molar-refractivity contribution in [1.82, 2.24) is 10.6 Å². The van der Waals surface area contributed by atoms with Gasteiger partial charge in [-0.2, -0.15) is 0 Å². The number of fused-ring (bicyclic) bond motifs is 3. The van der Waals surface area contributed by atoms with Gasteiger partial charge in [0, 0.05) is 12.5 Å². The average Bonchev–Trinajstić information content (AvgIpc) is 3.38. The molecule has 1 heterocycles. The maximum atomic E-state index is 12.8. The molecule has 3 atom stereocenters. The van der Waals surface area contributed by atoms with Crippen LogP contribution in [0.1, 0.15) is 37.3 Å². The van der Waals surface area contributed by atoms with E-state index in [1.54, 1.807) is 13.8 Å². The lowest BCUT2D eigenvalue weighted by Gasteiger charge is -2.25. The number of nitrogens with one attached hydrogen (secondary N) is 2. The summed E-state index contributed by atoms with van der Waals surface area (Å²) in [7, 11) is 0. The number of aliphatic carboxylic acids is 1. The zero-order valence-electron chi connectivity index (χ0n) is 18.6. The number of benzene rings is 2. The van der Waals surface area contributed by atoms with Crippen molar-refractivity contribution >= 4 is 18.0 Å². The summed E-state index contributed by atoms with van der Waals surface area (Å²) in [4.78, 5) is 36.7. The highest BCUT2D eigenvalue weighted by Crippen LogP contribution is 2.44. The fourth-order valence-electron chi connectivity index (χ4n) is 4.56. The summed E-state index contributed by atoms with van der Waals surface area (Å²) in [6.07, 6.45) is -1.38. The first kappa shape index (κ1) is 22.8. The Morgan fingerprint density at radius 3 is 2.24 bits per heavy atom.